The molecule has 3 fully saturated rings. The van der Waals surface area contributed by atoms with Crippen LogP contribution in [-0.4, -0.2) is 73.7 Å². The minimum absolute atomic E-state index is 0.0132. The normalized spacial score (nSPS) is 21.7. The minimum Gasteiger partial charge on any atom is -0.495 e. The van der Waals surface area contributed by atoms with Crippen molar-refractivity contribution < 1.29 is 23.9 Å². The lowest BCUT2D eigenvalue weighted by atomic mass is 9.76. The maximum Gasteiger partial charge on any atom is 0.251 e. The summed E-state index contributed by atoms with van der Waals surface area (Å²) >= 11 is 7.12. The van der Waals surface area contributed by atoms with Gasteiger partial charge < -0.3 is 36.4 Å². The second kappa shape index (κ2) is 13.3. The average molecular weight is 700 g/mol. The molecule has 12 nitrogen and oxygen atoms in total. The Labute approximate surface area is 295 Å². The molecule has 0 unspecified atom stereocenters. The molecule has 7 rings (SSSR count). The maximum absolute atomic E-state index is 13.8. The van der Waals surface area contributed by atoms with Crippen LogP contribution >= 0.6 is 11.6 Å². The molecule has 2 saturated carbocycles. The first-order valence-corrected chi connectivity index (χ1v) is 17.6. The number of aromatic nitrogens is 2. The van der Waals surface area contributed by atoms with Crippen LogP contribution in [0.25, 0.3) is 11.3 Å². The first-order valence-electron chi connectivity index (χ1n) is 17.2. The van der Waals surface area contributed by atoms with Gasteiger partial charge in [0.1, 0.15) is 35.5 Å². The zero-order valence-corrected chi connectivity index (χ0v) is 29.0. The van der Waals surface area contributed by atoms with E-state index in [0.29, 0.717) is 55.9 Å². The summed E-state index contributed by atoms with van der Waals surface area (Å²) in [5, 5.41) is 6.84. The van der Waals surface area contributed by atoms with Gasteiger partial charge in [0.25, 0.3) is 5.91 Å². The zero-order valence-electron chi connectivity index (χ0n) is 28.3. The lowest BCUT2D eigenvalue weighted by molar-refractivity contribution is -0.123. The molecule has 2 aromatic heterocycles. The summed E-state index contributed by atoms with van der Waals surface area (Å²) < 4.78 is 11.6. The second-order valence-corrected chi connectivity index (χ2v) is 14.5. The fraction of sp³-hybridized carbons (Fsp3) is 0.459. The number of nitrogens with one attached hydrogen (secondary N) is 2. The number of hydrogen-bond acceptors (Lipinski definition) is 10. The van der Waals surface area contributed by atoms with Gasteiger partial charge in [-0.25, -0.2) is 4.98 Å². The van der Waals surface area contributed by atoms with E-state index in [-0.39, 0.29) is 31.0 Å². The molecule has 2 aliphatic carbocycles. The molecule has 4 aliphatic rings. The third-order valence-corrected chi connectivity index (χ3v) is 11.1. The Bertz CT molecular complexity index is 1890. The van der Waals surface area contributed by atoms with Crippen LogP contribution in [0, 0.1) is 5.92 Å². The summed E-state index contributed by atoms with van der Waals surface area (Å²) in [7, 11) is 1.49. The maximum atomic E-state index is 13.8. The second-order valence-electron chi connectivity index (χ2n) is 14.1. The molecule has 0 radical (unpaired) electrons. The number of nitrogens with two attached hydrogens (primary N) is 2. The fourth-order valence-corrected chi connectivity index (χ4v) is 7.42. The number of rotatable bonds is 12. The molecule has 0 spiro atoms. The summed E-state index contributed by atoms with van der Waals surface area (Å²) in [6, 6.07) is 7.05. The van der Waals surface area contributed by atoms with E-state index >= 15 is 0 Å². The summed E-state index contributed by atoms with van der Waals surface area (Å²) in [6.07, 6.45) is 9.62. The number of amides is 2. The highest BCUT2D eigenvalue weighted by Crippen LogP contribution is 2.51. The van der Waals surface area contributed by atoms with E-state index in [2.05, 4.69) is 20.6 Å². The van der Waals surface area contributed by atoms with Gasteiger partial charge in [-0.3, -0.25) is 19.6 Å². The number of halogens is 1. The average Bonchev–Trinajstić information content (AvgIpc) is 4.07. The number of nitrogen functional groups attached to an aromatic ring is 1. The van der Waals surface area contributed by atoms with Crippen molar-refractivity contribution >= 4 is 41.6 Å². The van der Waals surface area contributed by atoms with Gasteiger partial charge in [0, 0.05) is 47.1 Å². The van der Waals surface area contributed by atoms with Crippen LogP contribution in [0.5, 0.6) is 11.5 Å². The molecule has 4 heterocycles. The Morgan fingerprint density at radius 3 is 2.62 bits per heavy atom. The number of pyridine rings is 2. The van der Waals surface area contributed by atoms with Crippen LogP contribution in [0.2, 0.25) is 5.02 Å². The first kappa shape index (κ1) is 33.9. The Morgan fingerprint density at radius 2 is 1.96 bits per heavy atom. The number of piperidine rings is 1. The van der Waals surface area contributed by atoms with E-state index in [1.54, 1.807) is 43.6 Å². The van der Waals surface area contributed by atoms with Gasteiger partial charge in [0.15, 0.2) is 0 Å². The number of ether oxygens (including phenoxy) is 2. The van der Waals surface area contributed by atoms with Crippen LogP contribution in [0.4, 0.5) is 5.69 Å². The lowest BCUT2D eigenvalue weighted by Crippen LogP contribution is -2.45. The number of primary amides is 1. The fourth-order valence-electron chi connectivity index (χ4n) is 7.06. The number of carbonyl (C=O) groups is 3. The number of aliphatic imine (C=N–C) groups is 1. The highest BCUT2D eigenvalue weighted by atomic mass is 35.5. The van der Waals surface area contributed by atoms with Crippen molar-refractivity contribution in [2.45, 2.75) is 68.2 Å². The molecule has 13 heteroatoms. The molecular formula is C37H42ClN7O5. The van der Waals surface area contributed by atoms with Gasteiger partial charge in [0.05, 0.1) is 40.7 Å². The summed E-state index contributed by atoms with van der Waals surface area (Å²) in [5.41, 5.74) is 13.9. The van der Waals surface area contributed by atoms with Crippen LogP contribution in [0.1, 0.15) is 84.2 Å². The molecule has 1 aromatic carbocycles. The van der Waals surface area contributed by atoms with Crippen molar-refractivity contribution in [3.8, 4) is 22.8 Å². The van der Waals surface area contributed by atoms with Crippen molar-refractivity contribution in [3.63, 3.8) is 0 Å². The summed E-state index contributed by atoms with van der Waals surface area (Å²) in [6.45, 7) is 3.43. The minimum atomic E-state index is -1.22. The Morgan fingerprint density at radius 1 is 1.20 bits per heavy atom. The molecule has 2 amide bonds. The standard InChI is InChI=1S/C37H42ClN7O5/c1-36(35(40)48)19-50-33-26(36)15-28(45-32(33)25-9-12-42-31(29(25)38)20-7-10-41-11-8-20)37(18-46,23-3-4-23)17-44-34(47)21-13-22(16-43-24-5-6-24)30(39)27(14-21)49-2/h9,12-16,18,20,23-24,41H,3-8,10-11,17,19,39H2,1-2H3,(H2,40,48)(H,44,47)/t36-,37+/m0/s1. The Balaban J connectivity index is 1.29. The third kappa shape index (κ3) is 6.08. The van der Waals surface area contributed by atoms with E-state index in [9.17, 15) is 14.4 Å². The predicted molar refractivity (Wildman–Crippen MR) is 190 cm³/mol. The quantitative estimate of drug-likeness (QED) is 0.124. The van der Waals surface area contributed by atoms with Crippen molar-refractivity contribution in [2.24, 2.45) is 16.6 Å². The van der Waals surface area contributed by atoms with E-state index in [4.69, 9.17) is 37.5 Å². The number of nitrogens with zero attached hydrogens (tertiary/aromatic N) is 3. The monoisotopic (exact) mass is 699 g/mol. The van der Waals surface area contributed by atoms with Crippen molar-refractivity contribution in [1.29, 1.82) is 0 Å². The SMILES string of the molecule is COc1cc(C(=O)NC[C@](C=O)(c2cc3c(c(-c4ccnc(C5CCNCC5)c4Cl)n2)OC[C@]3(C)C(N)=O)C2CC2)cc(C=NC2CC2)c1N. The van der Waals surface area contributed by atoms with Gasteiger partial charge >= 0.3 is 0 Å². The number of aldehydes is 1. The highest BCUT2D eigenvalue weighted by molar-refractivity contribution is 6.34. The van der Waals surface area contributed by atoms with Gasteiger partial charge in [-0.1, -0.05) is 11.6 Å². The summed E-state index contributed by atoms with van der Waals surface area (Å²) in [5.74, 6) is -0.154. The van der Waals surface area contributed by atoms with Gasteiger partial charge in [0.2, 0.25) is 5.91 Å². The number of benzene rings is 1. The molecule has 0 bridgehead atoms. The number of anilines is 1. The highest BCUT2D eigenvalue weighted by Gasteiger charge is 2.51. The van der Waals surface area contributed by atoms with Crippen LogP contribution in [-0.2, 0) is 20.4 Å². The van der Waals surface area contributed by atoms with Crippen LogP contribution in [0.15, 0.2) is 35.5 Å². The van der Waals surface area contributed by atoms with Gasteiger partial charge in [-0.15, -0.1) is 0 Å². The molecule has 262 valence electrons. The first-order chi connectivity index (χ1) is 24.1. The summed E-state index contributed by atoms with van der Waals surface area (Å²) in [4.78, 5) is 54.4. The van der Waals surface area contributed by atoms with Crippen LogP contribution in [0.3, 0.4) is 0 Å². The van der Waals surface area contributed by atoms with E-state index < -0.39 is 22.6 Å². The van der Waals surface area contributed by atoms with Crippen molar-refractivity contribution in [2.75, 3.05) is 39.1 Å². The molecule has 1 saturated heterocycles. The van der Waals surface area contributed by atoms with E-state index in [1.807, 2.05) is 0 Å². The number of carbonyl (C=O) groups excluding carboxylic acids is 3. The molecular weight excluding hydrogens is 658 g/mol. The molecule has 3 aromatic rings. The Hall–Kier alpha value is -4.55. The topological polar surface area (TPSA) is 184 Å². The third-order valence-electron chi connectivity index (χ3n) is 10.7. The van der Waals surface area contributed by atoms with Crippen molar-refractivity contribution in [3.05, 3.63) is 63.6 Å². The number of hydrogen-bond donors (Lipinski definition) is 4. The van der Waals surface area contributed by atoms with E-state index in [1.165, 1.54) is 7.11 Å². The van der Waals surface area contributed by atoms with Crippen LogP contribution < -0.4 is 31.6 Å². The smallest absolute Gasteiger partial charge is 0.251 e. The van der Waals surface area contributed by atoms with Gasteiger partial charge in [-0.2, -0.15) is 0 Å². The van der Waals surface area contributed by atoms with Gasteiger partial charge in [-0.05, 0) is 88.7 Å². The predicted octanol–water partition coefficient (Wildman–Crippen LogP) is 3.85. The number of methoxy groups -OCH3 is 1. The lowest BCUT2D eigenvalue weighted by Gasteiger charge is -2.30. The molecule has 2 aliphatic heterocycles. The largest absolute Gasteiger partial charge is 0.495 e. The van der Waals surface area contributed by atoms with Crippen molar-refractivity contribution in [1.82, 2.24) is 20.6 Å². The van der Waals surface area contributed by atoms with E-state index in [0.717, 1.165) is 63.6 Å². The molecule has 50 heavy (non-hydrogen) atoms. The molecule has 6 N–H and O–H groups in total. The number of fused-ring (bicyclic) bond motifs is 1. The Kier molecular flexibility index (Phi) is 9.02. The zero-order chi connectivity index (χ0) is 35.2. The molecule has 2 atom stereocenters.